The van der Waals surface area contributed by atoms with Crippen LogP contribution in [0, 0.1) is 0 Å². The van der Waals surface area contributed by atoms with Crippen molar-refractivity contribution in [3.63, 3.8) is 0 Å². The zero-order chi connectivity index (χ0) is 22.3. The second-order valence-corrected chi connectivity index (χ2v) is 9.15. The average Bonchev–Trinajstić information content (AvgIpc) is 3.40. The van der Waals surface area contributed by atoms with Gasteiger partial charge < -0.3 is 5.32 Å². The Bertz CT molecular complexity index is 1050. The van der Waals surface area contributed by atoms with E-state index in [4.69, 9.17) is 11.6 Å². The van der Waals surface area contributed by atoms with Crippen LogP contribution >= 0.6 is 23.4 Å². The molecule has 0 bridgehead atoms. The second kappa shape index (κ2) is 10.8. The van der Waals surface area contributed by atoms with Gasteiger partial charge in [0.15, 0.2) is 11.0 Å². The van der Waals surface area contributed by atoms with Crippen LogP contribution in [0.2, 0.25) is 5.02 Å². The van der Waals surface area contributed by atoms with Gasteiger partial charge in [0, 0.05) is 42.8 Å². The minimum atomic E-state index is 0.0164. The van der Waals surface area contributed by atoms with Gasteiger partial charge >= 0.3 is 0 Å². The first kappa shape index (κ1) is 22.6. The number of allylic oxidation sites excluding steroid dienone is 1. The van der Waals surface area contributed by atoms with Crippen LogP contribution < -0.4 is 5.32 Å². The Labute approximate surface area is 197 Å². The van der Waals surface area contributed by atoms with Crippen LogP contribution in [-0.4, -0.2) is 50.5 Å². The molecule has 1 amide bonds. The Hall–Kier alpha value is -2.61. The van der Waals surface area contributed by atoms with E-state index >= 15 is 0 Å². The van der Waals surface area contributed by atoms with E-state index < -0.39 is 0 Å². The fourth-order valence-electron chi connectivity index (χ4n) is 3.84. The van der Waals surface area contributed by atoms with E-state index in [9.17, 15) is 4.79 Å². The molecule has 8 heteroatoms. The summed E-state index contributed by atoms with van der Waals surface area (Å²) in [5, 5.41) is 13.2. The van der Waals surface area contributed by atoms with Gasteiger partial charge in [-0.15, -0.1) is 16.8 Å². The summed E-state index contributed by atoms with van der Waals surface area (Å²) in [6, 6.07) is 18.1. The smallest absolute Gasteiger partial charge is 0.230 e. The summed E-state index contributed by atoms with van der Waals surface area (Å²) in [5.41, 5.74) is 2.22. The van der Waals surface area contributed by atoms with E-state index in [2.05, 4.69) is 51.3 Å². The number of amides is 1. The zero-order valence-electron chi connectivity index (χ0n) is 17.8. The molecule has 1 saturated heterocycles. The monoisotopic (exact) mass is 467 g/mol. The summed E-state index contributed by atoms with van der Waals surface area (Å²) >= 11 is 7.39. The standard InChI is InChI=1S/C24H26ClN5OS/c1-2-13-30-23(19-8-10-20(25)11-9-19)27-28-24(30)32-17-22(31)26-21-12-14-29(16-21)15-18-6-4-3-5-7-18/h2-11,21H,1,12-17H2,(H,26,31). The zero-order valence-corrected chi connectivity index (χ0v) is 19.4. The lowest BCUT2D eigenvalue weighted by atomic mass is 10.2. The number of hydrogen-bond acceptors (Lipinski definition) is 5. The lowest BCUT2D eigenvalue weighted by Crippen LogP contribution is -2.38. The van der Waals surface area contributed by atoms with Crippen molar-refractivity contribution in [3.05, 3.63) is 77.8 Å². The molecule has 32 heavy (non-hydrogen) atoms. The van der Waals surface area contributed by atoms with Crippen LogP contribution in [0.15, 0.2) is 72.4 Å². The van der Waals surface area contributed by atoms with Crippen LogP contribution in [0.4, 0.5) is 0 Å². The molecule has 1 fully saturated rings. The first-order valence-corrected chi connectivity index (χ1v) is 12.0. The Morgan fingerprint density at radius 2 is 1.97 bits per heavy atom. The minimum absolute atomic E-state index is 0.0164. The third kappa shape index (κ3) is 5.79. The molecule has 2 heterocycles. The maximum Gasteiger partial charge on any atom is 0.230 e. The highest BCUT2D eigenvalue weighted by Gasteiger charge is 2.24. The van der Waals surface area contributed by atoms with Gasteiger partial charge in [-0.1, -0.05) is 59.8 Å². The maximum atomic E-state index is 12.6. The van der Waals surface area contributed by atoms with Crippen molar-refractivity contribution >= 4 is 29.3 Å². The lowest BCUT2D eigenvalue weighted by molar-refractivity contribution is -0.119. The Morgan fingerprint density at radius 1 is 1.19 bits per heavy atom. The molecule has 1 aromatic heterocycles. The number of benzene rings is 2. The Kier molecular flexibility index (Phi) is 7.63. The summed E-state index contributed by atoms with van der Waals surface area (Å²) in [6.07, 6.45) is 2.77. The van der Waals surface area contributed by atoms with E-state index in [-0.39, 0.29) is 11.9 Å². The van der Waals surface area contributed by atoms with Gasteiger partial charge in [-0.25, -0.2) is 0 Å². The van der Waals surface area contributed by atoms with Crippen molar-refractivity contribution in [1.29, 1.82) is 0 Å². The van der Waals surface area contributed by atoms with Crippen LogP contribution in [0.1, 0.15) is 12.0 Å². The van der Waals surface area contributed by atoms with Crippen molar-refractivity contribution in [3.8, 4) is 11.4 Å². The highest BCUT2D eigenvalue weighted by Crippen LogP contribution is 2.25. The third-order valence-electron chi connectivity index (χ3n) is 5.35. The van der Waals surface area contributed by atoms with Gasteiger partial charge in [0.25, 0.3) is 0 Å². The third-order valence-corrected chi connectivity index (χ3v) is 6.57. The van der Waals surface area contributed by atoms with Crippen molar-refractivity contribution < 1.29 is 4.79 Å². The second-order valence-electron chi connectivity index (χ2n) is 7.77. The highest BCUT2D eigenvalue weighted by molar-refractivity contribution is 7.99. The molecule has 0 radical (unpaired) electrons. The number of halogens is 1. The normalized spacial score (nSPS) is 16.2. The number of thioether (sulfide) groups is 1. The van der Waals surface area contributed by atoms with Crippen LogP contribution in [0.5, 0.6) is 0 Å². The number of nitrogens with zero attached hydrogens (tertiary/aromatic N) is 4. The van der Waals surface area contributed by atoms with E-state index in [0.29, 0.717) is 22.5 Å². The van der Waals surface area contributed by atoms with E-state index in [0.717, 1.165) is 37.4 Å². The first-order chi connectivity index (χ1) is 15.6. The number of carbonyl (C=O) groups excluding carboxylic acids is 1. The molecule has 1 unspecified atom stereocenters. The number of likely N-dealkylation sites (tertiary alicyclic amines) is 1. The first-order valence-electron chi connectivity index (χ1n) is 10.6. The van der Waals surface area contributed by atoms with Gasteiger partial charge in [0.05, 0.1) is 5.75 Å². The molecule has 6 nitrogen and oxygen atoms in total. The molecule has 1 aliphatic heterocycles. The molecule has 2 aromatic carbocycles. The molecule has 3 aromatic rings. The minimum Gasteiger partial charge on any atom is -0.351 e. The van der Waals surface area contributed by atoms with Crippen molar-refractivity contribution in [2.75, 3.05) is 18.8 Å². The molecular weight excluding hydrogens is 442 g/mol. The predicted octanol–water partition coefficient (Wildman–Crippen LogP) is 4.27. The number of nitrogens with one attached hydrogen (secondary N) is 1. The summed E-state index contributed by atoms with van der Waals surface area (Å²) < 4.78 is 1.96. The number of aromatic nitrogens is 3. The molecule has 0 spiro atoms. The molecule has 0 saturated carbocycles. The van der Waals surface area contributed by atoms with Crippen molar-refractivity contribution in [1.82, 2.24) is 25.0 Å². The number of hydrogen-bond donors (Lipinski definition) is 1. The fourth-order valence-corrected chi connectivity index (χ4v) is 4.72. The van der Waals surface area contributed by atoms with Gasteiger partial charge in [0.2, 0.25) is 5.91 Å². The predicted molar refractivity (Wildman–Crippen MR) is 130 cm³/mol. The van der Waals surface area contributed by atoms with E-state index in [1.165, 1.54) is 17.3 Å². The molecule has 1 aliphatic rings. The molecule has 4 rings (SSSR count). The molecule has 1 N–H and O–H groups in total. The van der Waals surface area contributed by atoms with E-state index in [1.807, 2.05) is 34.9 Å². The summed E-state index contributed by atoms with van der Waals surface area (Å²) in [7, 11) is 0. The van der Waals surface area contributed by atoms with Crippen LogP contribution in [0.25, 0.3) is 11.4 Å². The van der Waals surface area contributed by atoms with Crippen LogP contribution in [-0.2, 0) is 17.9 Å². The topological polar surface area (TPSA) is 63.1 Å². The van der Waals surface area contributed by atoms with Crippen molar-refractivity contribution in [2.24, 2.45) is 0 Å². The number of rotatable bonds is 9. The van der Waals surface area contributed by atoms with E-state index in [1.54, 1.807) is 6.08 Å². The average molecular weight is 468 g/mol. The number of carbonyl (C=O) groups is 1. The van der Waals surface area contributed by atoms with Gasteiger partial charge in [-0.2, -0.15) is 0 Å². The largest absolute Gasteiger partial charge is 0.351 e. The quantitative estimate of drug-likeness (QED) is 0.376. The molecule has 1 atom stereocenters. The van der Waals surface area contributed by atoms with Crippen molar-refractivity contribution in [2.45, 2.75) is 30.7 Å². The Balaban J connectivity index is 1.31. The fraction of sp³-hybridized carbons (Fsp3) is 0.292. The maximum absolute atomic E-state index is 12.6. The highest BCUT2D eigenvalue weighted by atomic mass is 35.5. The van der Waals surface area contributed by atoms with Gasteiger partial charge in [-0.05, 0) is 36.2 Å². The molecular formula is C24H26ClN5OS. The summed E-state index contributed by atoms with van der Waals surface area (Å²) in [6.45, 7) is 7.18. The lowest BCUT2D eigenvalue weighted by Gasteiger charge is -2.16. The van der Waals surface area contributed by atoms with Gasteiger partial charge in [-0.3, -0.25) is 14.3 Å². The molecule has 166 valence electrons. The molecule has 0 aliphatic carbocycles. The summed E-state index contributed by atoms with van der Waals surface area (Å²) in [5.74, 6) is 1.05. The van der Waals surface area contributed by atoms with Gasteiger partial charge in [0.1, 0.15) is 0 Å². The SMILES string of the molecule is C=CCn1c(SCC(=O)NC2CCN(Cc3ccccc3)C2)nnc1-c1ccc(Cl)cc1. The summed E-state index contributed by atoms with van der Waals surface area (Å²) in [4.78, 5) is 15.0. The van der Waals surface area contributed by atoms with Crippen LogP contribution in [0.3, 0.4) is 0 Å². The Morgan fingerprint density at radius 3 is 2.72 bits per heavy atom.